The molecule has 0 bridgehead atoms. The molecule has 6 heteroatoms. The molecule has 0 aromatic carbocycles. The van der Waals surface area contributed by atoms with Crippen molar-refractivity contribution in [3.8, 4) is 11.4 Å². The van der Waals surface area contributed by atoms with Gasteiger partial charge in [0, 0.05) is 25.8 Å². The highest BCUT2D eigenvalue weighted by atomic mass is 16.5. The summed E-state index contributed by atoms with van der Waals surface area (Å²) < 4.78 is 5.36. The second-order valence-electron chi connectivity index (χ2n) is 4.25. The predicted octanol–water partition coefficient (Wildman–Crippen LogP) is 1.41. The van der Waals surface area contributed by atoms with Gasteiger partial charge in [0.25, 0.3) is 0 Å². The van der Waals surface area contributed by atoms with Gasteiger partial charge in [0.2, 0.25) is 0 Å². The topological polar surface area (TPSA) is 75.7 Å². The van der Waals surface area contributed by atoms with Crippen LogP contribution in [0.15, 0.2) is 18.3 Å². The van der Waals surface area contributed by atoms with Crippen LogP contribution < -0.4 is 5.32 Å². The van der Waals surface area contributed by atoms with E-state index in [1.165, 1.54) is 0 Å². The number of hydrogen-bond donors (Lipinski definition) is 2. The molecule has 0 saturated carbocycles. The monoisotopic (exact) mass is 245 g/mol. The fraction of sp³-hybridized carbons (Fsp3) is 0.417. The molecule has 1 fully saturated rings. The van der Waals surface area contributed by atoms with Crippen LogP contribution in [0.1, 0.15) is 18.2 Å². The second-order valence-corrected chi connectivity index (χ2v) is 4.25. The second kappa shape index (κ2) is 4.73. The number of pyridine rings is 1. The molecular formula is C12H15N5O. The third-order valence-corrected chi connectivity index (χ3v) is 3.10. The van der Waals surface area contributed by atoms with E-state index in [-0.39, 0.29) is 0 Å². The van der Waals surface area contributed by atoms with Crippen LogP contribution in [0.3, 0.4) is 0 Å². The highest BCUT2D eigenvalue weighted by Crippen LogP contribution is 2.26. The molecule has 2 aromatic rings. The van der Waals surface area contributed by atoms with E-state index in [0.29, 0.717) is 11.7 Å². The molecule has 1 unspecified atom stereocenters. The highest BCUT2D eigenvalue weighted by molar-refractivity contribution is 5.69. The fourth-order valence-electron chi connectivity index (χ4n) is 2.11. The van der Waals surface area contributed by atoms with E-state index in [1.807, 2.05) is 19.2 Å². The van der Waals surface area contributed by atoms with Crippen molar-refractivity contribution in [3.63, 3.8) is 0 Å². The van der Waals surface area contributed by atoms with Gasteiger partial charge in [-0.3, -0.25) is 5.10 Å². The summed E-state index contributed by atoms with van der Waals surface area (Å²) >= 11 is 0. The number of ether oxygens (including phenoxy) is 1. The highest BCUT2D eigenvalue weighted by Gasteiger charge is 2.22. The zero-order valence-corrected chi connectivity index (χ0v) is 10.2. The average molecular weight is 245 g/mol. The van der Waals surface area contributed by atoms with Crippen LogP contribution in [-0.2, 0) is 4.74 Å². The minimum Gasteiger partial charge on any atom is -0.381 e. The first-order chi connectivity index (χ1) is 8.88. The number of nitrogens with zero attached hydrogens (tertiary/aromatic N) is 3. The summed E-state index contributed by atoms with van der Waals surface area (Å²) in [5.74, 6) is 2.69. The first-order valence-corrected chi connectivity index (χ1v) is 6.01. The number of aromatic nitrogens is 4. The molecule has 2 N–H and O–H groups in total. The molecule has 1 atom stereocenters. The summed E-state index contributed by atoms with van der Waals surface area (Å²) in [7, 11) is 1.84. The molecule has 6 nitrogen and oxygen atoms in total. The van der Waals surface area contributed by atoms with Crippen LogP contribution in [0.2, 0.25) is 0 Å². The van der Waals surface area contributed by atoms with Gasteiger partial charge in [0.1, 0.15) is 11.6 Å². The molecular weight excluding hydrogens is 230 g/mol. The maximum Gasteiger partial charge on any atom is 0.184 e. The lowest BCUT2D eigenvalue weighted by Crippen LogP contribution is -2.00. The number of hydrogen-bond acceptors (Lipinski definition) is 5. The van der Waals surface area contributed by atoms with Crippen LogP contribution in [0.4, 0.5) is 5.82 Å². The predicted molar refractivity (Wildman–Crippen MR) is 67.3 cm³/mol. The van der Waals surface area contributed by atoms with Crippen LogP contribution in [0.25, 0.3) is 11.4 Å². The standard InChI is InChI=1S/C12H15N5O/c1-13-11-9(3-2-5-14-11)12-15-10(16-17-12)8-4-6-18-7-8/h2-3,5,8H,4,6-7H2,1H3,(H,13,14)(H,15,16,17). The SMILES string of the molecule is CNc1ncccc1-c1n[nH]c(C2CCOC2)n1. The Morgan fingerprint density at radius 3 is 3.22 bits per heavy atom. The Bertz CT molecular complexity index is 533. The molecule has 0 spiro atoms. The Morgan fingerprint density at radius 2 is 2.44 bits per heavy atom. The average Bonchev–Trinajstić information content (AvgIpc) is 3.09. The molecule has 2 aromatic heterocycles. The van der Waals surface area contributed by atoms with E-state index < -0.39 is 0 Å². The van der Waals surface area contributed by atoms with Gasteiger partial charge in [-0.25, -0.2) is 9.97 Å². The van der Waals surface area contributed by atoms with Crippen molar-refractivity contribution in [1.29, 1.82) is 0 Å². The lowest BCUT2D eigenvalue weighted by molar-refractivity contribution is 0.193. The van der Waals surface area contributed by atoms with Crippen LogP contribution >= 0.6 is 0 Å². The van der Waals surface area contributed by atoms with Gasteiger partial charge in [-0.15, -0.1) is 0 Å². The number of nitrogens with one attached hydrogen (secondary N) is 2. The van der Waals surface area contributed by atoms with Crippen LogP contribution in [0, 0.1) is 0 Å². The Kier molecular flexibility index (Phi) is 2.93. The number of anilines is 1. The molecule has 18 heavy (non-hydrogen) atoms. The third kappa shape index (κ3) is 1.95. The Balaban J connectivity index is 1.92. The quantitative estimate of drug-likeness (QED) is 0.855. The minimum absolute atomic E-state index is 0.334. The zero-order chi connectivity index (χ0) is 12.4. The summed E-state index contributed by atoms with van der Waals surface area (Å²) in [6.45, 7) is 1.52. The van der Waals surface area contributed by atoms with E-state index >= 15 is 0 Å². The normalized spacial score (nSPS) is 19.1. The number of rotatable bonds is 3. The van der Waals surface area contributed by atoms with Crippen molar-refractivity contribution >= 4 is 5.82 Å². The van der Waals surface area contributed by atoms with Gasteiger partial charge in [-0.2, -0.15) is 5.10 Å². The first-order valence-electron chi connectivity index (χ1n) is 6.01. The lowest BCUT2D eigenvalue weighted by atomic mass is 10.1. The van der Waals surface area contributed by atoms with E-state index in [1.54, 1.807) is 6.20 Å². The summed E-state index contributed by atoms with van der Waals surface area (Å²) in [6, 6.07) is 3.84. The molecule has 94 valence electrons. The van der Waals surface area contributed by atoms with Crippen molar-refractivity contribution < 1.29 is 4.74 Å². The maximum absolute atomic E-state index is 5.36. The number of H-pyrrole nitrogens is 1. The van der Waals surface area contributed by atoms with Gasteiger partial charge in [-0.1, -0.05) is 0 Å². The van der Waals surface area contributed by atoms with E-state index in [4.69, 9.17) is 4.74 Å². The molecule has 1 aliphatic rings. The molecule has 3 heterocycles. The van der Waals surface area contributed by atoms with Gasteiger partial charge < -0.3 is 10.1 Å². The molecule has 1 saturated heterocycles. The van der Waals surface area contributed by atoms with Gasteiger partial charge in [0.15, 0.2) is 5.82 Å². The van der Waals surface area contributed by atoms with Crippen LogP contribution in [0.5, 0.6) is 0 Å². The lowest BCUT2D eigenvalue weighted by Gasteiger charge is -2.03. The largest absolute Gasteiger partial charge is 0.381 e. The summed E-state index contributed by atoms with van der Waals surface area (Å²) in [4.78, 5) is 8.80. The van der Waals surface area contributed by atoms with Crippen LogP contribution in [-0.4, -0.2) is 40.4 Å². The van der Waals surface area contributed by atoms with Crippen molar-refractivity contribution in [3.05, 3.63) is 24.2 Å². The molecule has 0 radical (unpaired) electrons. The smallest absolute Gasteiger partial charge is 0.184 e. The maximum atomic E-state index is 5.36. The van der Waals surface area contributed by atoms with E-state index in [0.717, 1.165) is 36.8 Å². The van der Waals surface area contributed by atoms with Crippen molar-refractivity contribution in [2.45, 2.75) is 12.3 Å². The van der Waals surface area contributed by atoms with Crippen molar-refractivity contribution in [1.82, 2.24) is 20.2 Å². The van der Waals surface area contributed by atoms with E-state index in [2.05, 4.69) is 25.5 Å². The summed E-state index contributed by atoms with van der Waals surface area (Å²) in [5, 5.41) is 10.3. The Labute approximate surface area is 105 Å². The third-order valence-electron chi connectivity index (χ3n) is 3.10. The summed E-state index contributed by atoms with van der Waals surface area (Å²) in [5.41, 5.74) is 0.904. The van der Waals surface area contributed by atoms with Gasteiger partial charge in [0.05, 0.1) is 12.2 Å². The molecule has 0 aliphatic carbocycles. The van der Waals surface area contributed by atoms with Gasteiger partial charge >= 0.3 is 0 Å². The molecule has 0 amide bonds. The van der Waals surface area contributed by atoms with E-state index in [9.17, 15) is 0 Å². The zero-order valence-electron chi connectivity index (χ0n) is 10.2. The Hall–Kier alpha value is -1.95. The Morgan fingerprint density at radius 1 is 1.50 bits per heavy atom. The summed E-state index contributed by atoms with van der Waals surface area (Å²) in [6.07, 6.45) is 2.74. The molecule has 3 rings (SSSR count). The fourth-order valence-corrected chi connectivity index (χ4v) is 2.11. The number of aromatic amines is 1. The van der Waals surface area contributed by atoms with Crippen molar-refractivity contribution in [2.24, 2.45) is 0 Å². The minimum atomic E-state index is 0.334. The molecule has 1 aliphatic heterocycles. The van der Waals surface area contributed by atoms with Gasteiger partial charge in [-0.05, 0) is 18.6 Å². The first kappa shape index (κ1) is 11.2. The van der Waals surface area contributed by atoms with Crippen molar-refractivity contribution in [2.75, 3.05) is 25.6 Å².